The van der Waals surface area contributed by atoms with Crippen LogP contribution in [-0.4, -0.2) is 56.1 Å². The van der Waals surface area contributed by atoms with Gasteiger partial charge in [0, 0.05) is 42.8 Å². The highest BCUT2D eigenvalue weighted by Gasteiger charge is 2.30. The van der Waals surface area contributed by atoms with Crippen molar-refractivity contribution in [1.29, 1.82) is 0 Å². The number of aromatic amines is 1. The Morgan fingerprint density at radius 3 is 2.88 bits per heavy atom. The minimum absolute atomic E-state index is 0.533. The highest BCUT2D eigenvalue weighted by molar-refractivity contribution is 6.00. The maximum Gasteiger partial charge on any atom is 0.139 e. The third kappa shape index (κ3) is 2.55. The molecule has 2 atom stereocenters. The summed E-state index contributed by atoms with van der Waals surface area (Å²) < 4.78 is 2.39. The van der Waals surface area contributed by atoms with Crippen LogP contribution >= 0.6 is 0 Å². The standard InChI is InChI=1S/C19H26N6/c1-13(16-3-2-7-20-16)24-9-5-14(6-10-24)25-12-23-17-11-22-19-15(18(17)25)4-8-21-19/h4,8,11-14,16,20H,2-3,5-7,9-10H2,1H3,(H,21,22)/t13-,16?/m0/s1. The lowest BCUT2D eigenvalue weighted by atomic mass is 9.99. The Bertz CT molecular complexity index is 866. The molecule has 2 saturated heterocycles. The molecule has 0 amide bonds. The van der Waals surface area contributed by atoms with Gasteiger partial charge in [-0.05, 0) is 45.2 Å². The highest BCUT2D eigenvalue weighted by atomic mass is 15.2. The average molecular weight is 338 g/mol. The zero-order valence-corrected chi connectivity index (χ0v) is 14.8. The van der Waals surface area contributed by atoms with Crippen molar-refractivity contribution in [3.05, 3.63) is 24.8 Å². The Morgan fingerprint density at radius 2 is 2.08 bits per heavy atom. The van der Waals surface area contributed by atoms with E-state index in [4.69, 9.17) is 0 Å². The fourth-order valence-corrected chi connectivity index (χ4v) is 4.76. The van der Waals surface area contributed by atoms with Gasteiger partial charge in [0.1, 0.15) is 11.2 Å². The number of aromatic nitrogens is 4. The first kappa shape index (κ1) is 15.3. The Balaban J connectivity index is 1.37. The van der Waals surface area contributed by atoms with Gasteiger partial charge in [-0.3, -0.25) is 4.90 Å². The van der Waals surface area contributed by atoms with Gasteiger partial charge in [0.05, 0.1) is 18.0 Å². The fourth-order valence-electron chi connectivity index (χ4n) is 4.76. The molecule has 2 N–H and O–H groups in total. The van der Waals surface area contributed by atoms with E-state index >= 15 is 0 Å². The zero-order chi connectivity index (χ0) is 16.8. The molecule has 5 heterocycles. The monoisotopic (exact) mass is 338 g/mol. The van der Waals surface area contributed by atoms with E-state index in [1.54, 1.807) is 0 Å². The van der Waals surface area contributed by atoms with Crippen LogP contribution in [0, 0.1) is 0 Å². The molecule has 25 heavy (non-hydrogen) atoms. The Morgan fingerprint density at radius 1 is 1.20 bits per heavy atom. The molecule has 0 saturated carbocycles. The first-order valence-electron chi connectivity index (χ1n) is 9.57. The molecule has 0 aromatic carbocycles. The van der Waals surface area contributed by atoms with Crippen LogP contribution in [-0.2, 0) is 0 Å². The molecule has 5 rings (SSSR count). The molecule has 132 valence electrons. The third-order valence-corrected chi connectivity index (χ3v) is 6.27. The summed E-state index contributed by atoms with van der Waals surface area (Å²) >= 11 is 0. The van der Waals surface area contributed by atoms with E-state index in [9.17, 15) is 0 Å². The second kappa shape index (κ2) is 6.11. The zero-order valence-electron chi connectivity index (χ0n) is 14.8. The number of piperidine rings is 1. The molecule has 0 radical (unpaired) electrons. The summed E-state index contributed by atoms with van der Waals surface area (Å²) in [7, 11) is 0. The van der Waals surface area contributed by atoms with Crippen LogP contribution in [0.3, 0.4) is 0 Å². The Kier molecular flexibility index (Phi) is 3.75. The Hall–Kier alpha value is -1.92. The number of hydrogen-bond donors (Lipinski definition) is 2. The molecule has 3 aromatic rings. The number of nitrogens with one attached hydrogen (secondary N) is 2. The fraction of sp³-hybridized carbons (Fsp3) is 0.579. The molecule has 6 nitrogen and oxygen atoms in total. The van der Waals surface area contributed by atoms with Crippen molar-refractivity contribution in [2.75, 3.05) is 19.6 Å². The van der Waals surface area contributed by atoms with Crippen LogP contribution in [0.2, 0.25) is 0 Å². The number of rotatable bonds is 3. The molecule has 2 fully saturated rings. The summed E-state index contributed by atoms with van der Waals surface area (Å²) in [5.41, 5.74) is 3.18. The van der Waals surface area contributed by atoms with Crippen LogP contribution in [0.1, 0.15) is 38.6 Å². The lowest BCUT2D eigenvalue weighted by Gasteiger charge is -2.39. The van der Waals surface area contributed by atoms with Crippen LogP contribution in [0.25, 0.3) is 22.1 Å². The van der Waals surface area contributed by atoms with Gasteiger partial charge in [-0.25, -0.2) is 9.97 Å². The molecular weight excluding hydrogens is 312 g/mol. The quantitative estimate of drug-likeness (QED) is 0.771. The molecule has 0 spiro atoms. The third-order valence-electron chi connectivity index (χ3n) is 6.27. The van der Waals surface area contributed by atoms with E-state index in [0.29, 0.717) is 18.1 Å². The van der Waals surface area contributed by atoms with E-state index in [-0.39, 0.29) is 0 Å². The van der Waals surface area contributed by atoms with E-state index in [0.717, 1.165) is 11.2 Å². The predicted molar refractivity (Wildman–Crippen MR) is 99.7 cm³/mol. The van der Waals surface area contributed by atoms with Crippen molar-refractivity contribution in [1.82, 2.24) is 29.7 Å². The summed E-state index contributed by atoms with van der Waals surface area (Å²) in [6.07, 6.45) is 10.9. The minimum atomic E-state index is 0.533. The van der Waals surface area contributed by atoms with Gasteiger partial charge in [0.15, 0.2) is 0 Å². The van der Waals surface area contributed by atoms with Gasteiger partial charge in [0.25, 0.3) is 0 Å². The molecule has 1 unspecified atom stereocenters. The van der Waals surface area contributed by atoms with Gasteiger partial charge >= 0.3 is 0 Å². The second-order valence-corrected chi connectivity index (χ2v) is 7.59. The second-order valence-electron chi connectivity index (χ2n) is 7.59. The van der Waals surface area contributed by atoms with E-state index in [1.807, 2.05) is 18.7 Å². The SMILES string of the molecule is C[C@@H](C1CCCN1)N1CCC(n2cnc3cnc4[nH]ccc4c32)CC1. The average Bonchev–Trinajstić information content (AvgIpc) is 3.40. The largest absolute Gasteiger partial charge is 0.346 e. The van der Waals surface area contributed by atoms with E-state index in [2.05, 4.69) is 42.7 Å². The molecule has 2 aliphatic heterocycles. The first-order chi connectivity index (χ1) is 12.3. The number of hydrogen-bond acceptors (Lipinski definition) is 4. The molecule has 2 aliphatic rings. The lowest BCUT2D eigenvalue weighted by molar-refractivity contribution is 0.124. The van der Waals surface area contributed by atoms with Gasteiger partial charge in [-0.15, -0.1) is 0 Å². The van der Waals surface area contributed by atoms with E-state index < -0.39 is 0 Å². The number of pyridine rings is 1. The van der Waals surface area contributed by atoms with E-state index in [1.165, 1.54) is 56.2 Å². The molecular formula is C19H26N6. The lowest BCUT2D eigenvalue weighted by Crippen LogP contribution is -2.49. The number of imidazole rings is 1. The Labute approximate surface area is 147 Å². The topological polar surface area (TPSA) is 61.8 Å². The normalized spacial score (nSPS) is 24.4. The van der Waals surface area contributed by atoms with Crippen LogP contribution in [0.15, 0.2) is 24.8 Å². The smallest absolute Gasteiger partial charge is 0.139 e. The minimum Gasteiger partial charge on any atom is -0.346 e. The maximum atomic E-state index is 4.60. The van der Waals surface area contributed by atoms with Gasteiger partial charge < -0.3 is 14.9 Å². The van der Waals surface area contributed by atoms with Crippen molar-refractivity contribution in [3.63, 3.8) is 0 Å². The van der Waals surface area contributed by atoms with Gasteiger partial charge in [-0.2, -0.15) is 0 Å². The highest BCUT2D eigenvalue weighted by Crippen LogP contribution is 2.31. The summed E-state index contributed by atoms with van der Waals surface area (Å²) in [6.45, 7) is 5.92. The molecule has 0 bridgehead atoms. The summed E-state index contributed by atoms with van der Waals surface area (Å²) in [4.78, 5) is 15.0. The predicted octanol–water partition coefficient (Wildman–Crippen LogP) is 2.69. The van der Waals surface area contributed by atoms with Crippen molar-refractivity contribution in [2.24, 2.45) is 0 Å². The van der Waals surface area contributed by atoms with Gasteiger partial charge in [-0.1, -0.05) is 0 Å². The van der Waals surface area contributed by atoms with Crippen molar-refractivity contribution in [2.45, 2.75) is 50.7 Å². The molecule has 6 heteroatoms. The van der Waals surface area contributed by atoms with Crippen LogP contribution < -0.4 is 5.32 Å². The van der Waals surface area contributed by atoms with Crippen LogP contribution in [0.5, 0.6) is 0 Å². The number of nitrogens with zero attached hydrogens (tertiary/aromatic N) is 4. The van der Waals surface area contributed by atoms with Crippen molar-refractivity contribution >= 4 is 22.1 Å². The molecule has 0 aliphatic carbocycles. The summed E-state index contributed by atoms with van der Waals surface area (Å²) in [6, 6.07) is 3.97. The van der Waals surface area contributed by atoms with Gasteiger partial charge in [0.2, 0.25) is 0 Å². The number of likely N-dealkylation sites (tertiary alicyclic amines) is 1. The summed E-state index contributed by atoms with van der Waals surface area (Å²) in [5.74, 6) is 0. The number of H-pyrrole nitrogens is 1. The van der Waals surface area contributed by atoms with Crippen LogP contribution in [0.4, 0.5) is 0 Å². The van der Waals surface area contributed by atoms with Crippen molar-refractivity contribution < 1.29 is 0 Å². The summed E-state index contributed by atoms with van der Waals surface area (Å²) in [5, 5.41) is 4.85. The maximum absolute atomic E-state index is 4.60. The van der Waals surface area contributed by atoms with Crippen molar-refractivity contribution in [3.8, 4) is 0 Å². The number of fused-ring (bicyclic) bond motifs is 3. The first-order valence-corrected chi connectivity index (χ1v) is 9.57. The molecule has 3 aromatic heterocycles.